The third-order valence-corrected chi connectivity index (χ3v) is 2.69. The average molecular weight is 343 g/mol. The van der Waals surface area contributed by atoms with Crippen LogP contribution in [0.2, 0.25) is 0 Å². The van der Waals surface area contributed by atoms with Gasteiger partial charge in [0.05, 0.1) is 5.92 Å². The van der Waals surface area contributed by atoms with Crippen molar-refractivity contribution < 1.29 is 33.8 Å². The molecule has 0 bridgehead atoms. The molecular weight excluding hydrogens is 337 g/mol. The van der Waals surface area contributed by atoms with Gasteiger partial charge in [-0.25, -0.2) is 0 Å². The molecule has 0 aromatic rings. The van der Waals surface area contributed by atoms with Crippen LogP contribution in [0.4, 0.5) is 4.39 Å². The Morgan fingerprint density at radius 1 is 0.783 bits per heavy atom. The standard InChI is InChI=1S/C6H6FN5O11/c7-5(8(14)15,9(16)17)1-4(3-13)2-6(10(18)19,11(20)21)12(22)23/h3-4H,1-2H2. The number of nitrogens with zero attached hydrogens (tertiary/aromatic N) is 5. The van der Waals surface area contributed by atoms with Crippen LogP contribution in [0.5, 0.6) is 0 Å². The van der Waals surface area contributed by atoms with E-state index in [-0.39, 0.29) is 0 Å². The zero-order chi connectivity index (χ0) is 18.6. The largest absolute Gasteiger partial charge is 0.700 e. The van der Waals surface area contributed by atoms with Gasteiger partial charge in [0.25, 0.3) is 0 Å². The molecule has 128 valence electrons. The molecular formula is C6H6FN5O11. The number of halogens is 1. The minimum absolute atomic E-state index is 0.507. The molecule has 1 unspecified atom stereocenters. The highest BCUT2D eigenvalue weighted by atomic mass is 19.2. The highest BCUT2D eigenvalue weighted by Gasteiger charge is 2.72. The Morgan fingerprint density at radius 3 is 1.35 bits per heavy atom. The molecule has 0 fully saturated rings. The highest BCUT2D eigenvalue weighted by molar-refractivity contribution is 5.53. The normalized spacial score (nSPS) is 12.9. The van der Waals surface area contributed by atoms with Crippen molar-refractivity contribution in [3.8, 4) is 0 Å². The van der Waals surface area contributed by atoms with Crippen LogP contribution in [0.3, 0.4) is 0 Å². The molecule has 0 aliphatic rings. The van der Waals surface area contributed by atoms with E-state index in [9.17, 15) is 59.8 Å². The van der Waals surface area contributed by atoms with Crippen LogP contribution in [-0.4, -0.2) is 42.6 Å². The van der Waals surface area contributed by atoms with E-state index in [1.165, 1.54) is 0 Å². The van der Waals surface area contributed by atoms with E-state index >= 15 is 0 Å². The predicted molar refractivity (Wildman–Crippen MR) is 60.3 cm³/mol. The summed E-state index contributed by atoms with van der Waals surface area (Å²) < 4.78 is 13.6. The summed E-state index contributed by atoms with van der Waals surface area (Å²) in [6.45, 7) is 0. The van der Waals surface area contributed by atoms with E-state index in [4.69, 9.17) is 0 Å². The third-order valence-electron chi connectivity index (χ3n) is 2.69. The maximum Gasteiger partial charge on any atom is 0.700 e. The summed E-state index contributed by atoms with van der Waals surface area (Å²) in [5, 5.41) is 52.6. The molecule has 0 aromatic heterocycles. The number of alkyl halides is 1. The lowest BCUT2D eigenvalue weighted by atomic mass is 9.96. The number of hydrogen-bond donors (Lipinski definition) is 0. The molecule has 0 heterocycles. The van der Waals surface area contributed by atoms with Crippen LogP contribution < -0.4 is 0 Å². The summed E-state index contributed by atoms with van der Waals surface area (Å²) in [5.41, 5.74) is 0. The van der Waals surface area contributed by atoms with Gasteiger partial charge in [-0.2, -0.15) is 0 Å². The second-order valence-corrected chi connectivity index (χ2v) is 4.08. The molecule has 0 aromatic carbocycles. The lowest BCUT2D eigenvalue weighted by Crippen LogP contribution is -2.55. The Balaban J connectivity index is 5.81. The minimum Gasteiger partial charge on any atom is -0.303 e. The monoisotopic (exact) mass is 343 g/mol. The molecule has 23 heavy (non-hydrogen) atoms. The summed E-state index contributed by atoms with van der Waals surface area (Å²) >= 11 is 0. The van der Waals surface area contributed by atoms with Crippen LogP contribution in [-0.2, 0) is 4.79 Å². The molecule has 0 amide bonds. The van der Waals surface area contributed by atoms with Crippen molar-refractivity contribution in [2.24, 2.45) is 5.92 Å². The summed E-state index contributed by atoms with van der Waals surface area (Å²) in [6, 6.07) is 0. The van der Waals surface area contributed by atoms with Crippen molar-refractivity contribution in [3.63, 3.8) is 0 Å². The van der Waals surface area contributed by atoms with E-state index < -0.39 is 61.4 Å². The van der Waals surface area contributed by atoms with Gasteiger partial charge < -0.3 is 4.79 Å². The second kappa shape index (κ2) is 6.58. The van der Waals surface area contributed by atoms with E-state index in [2.05, 4.69) is 0 Å². The van der Waals surface area contributed by atoms with Crippen LogP contribution in [0, 0.1) is 56.5 Å². The molecule has 16 nitrogen and oxygen atoms in total. The third kappa shape index (κ3) is 3.44. The maximum absolute atomic E-state index is 13.6. The zero-order valence-electron chi connectivity index (χ0n) is 10.7. The van der Waals surface area contributed by atoms with Crippen molar-refractivity contribution in [1.29, 1.82) is 0 Å². The summed E-state index contributed by atoms with van der Waals surface area (Å²) in [5.74, 6) is -11.1. The highest BCUT2D eigenvalue weighted by Crippen LogP contribution is 2.30. The van der Waals surface area contributed by atoms with Crippen LogP contribution in [0.25, 0.3) is 0 Å². The molecule has 0 aliphatic carbocycles. The van der Waals surface area contributed by atoms with E-state index in [0.717, 1.165) is 0 Å². The zero-order valence-corrected chi connectivity index (χ0v) is 10.7. The smallest absolute Gasteiger partial charge is 0.303 e. The van der Waals surface area contributed by atoms with Crippen molar-refractivity contribution in [1.82, 2.24) is 0 Å². The first-order chi connectivity index (χ1) is 10.4. The van der Waals surface area contributed by atoms with E-state index in [1.807, 2.05) is 0 Å². The average Bonchev–Trinajstić information content (AvgIpc) is 2.41. The van der Waals surface area contributed by atoms with Crippen molar-refractivity contribution >= 4 is 6.29 Å². The number of nitro groups is 5. The van der Waals surface area contributed by atoms with Crippen molar-refractivity contribution in [3.05, 3.63) is 50.6 Å². The Morgan fingerprint density at radius 2 is 1.13 bits per heavy atom. The summed E-state index contributed by atoms with van der Waals surface area (Å²) in [7, 11) is 0. The fraction of sp³-hybridized carbons (Fsp3) is 0.833. The van der Waals surface area contributed by atoms with Gasteiger partial charge in [0, 0.05) is 0 Å². The first-order valence-corrected chi connectivity index (χ1v) is 5.23. The fourth-order valence-corrected chi connectivity index (χ4v) is 1.49. The molecule has 1 atom stereocenters. The van der Waals surface area contributed by atoms with Gasteiger partial charge in [0.2, 0.25) is 0 Å². The number of carbonyl (C=O) groups is 1. The maximum atomic E-state index is 13.6. The van der Waals surface area contributed by atoms with Crippen molar-refractivity contribution in [2.45, 2.75) is 24.5 Å². The van der Waals surface area contributed by atoms with Crippen LogP contribution >= 0.6 is 0 Å². The van der Waals surface area contributed by atoms with Gasteiger partial charge in [0.15, 0.2) is 21.2 Å². The molecule has 17 heteroatoms. The lowest BCUT2D eigenvalue weighted by Gasteiger charge is -2.14. The Hall–Kier alpha value is -3.40. The van der Waals surface area contributed by atoms with Crippen molar-refractivity contribution in [2.75, 3.05) is 0 Å². The molecule has 0 spiro atoms. The number of aldehydes is 1. The van der Waals surface area contributed by atoms with Gasteiger partial charge in [-0.05, 0) is 0 Å². The van der Waals surface area contributed by atoms with Gasteiger partial charge in [-0.1, -0.05) is 4.39 Å². The first kappa shape index (κ1) is 19.6. The van der Waals surface area contributed by atoms with Crippen LogP contribution in [0.1, 0.15) is 12.8 Å². The lowest BCUT2D eigenvalue weighted by molar-refractivity contribution is -0.971. The molecule has 0 N–H and O–H groups in total. The van der Waals surface area contributed by atoms with Crippen LogP contribution in [0.15, 0.2) is 0 Å². The van der Waals surface area contributed by atoms with Gasteiger partial charge in [-0.3, -0.25) is 50.6 Å². The van der Waals surface area contributed by atoms with Gasteiger partial charge >= 0.3 is 11.7 Å². The fourth-order valence-electron chi connectivity index (χ4n) is 1.49. The number of rotatable bonds is 10. The molecule has 0 saturated carbocycles. The molecule has 0 aliphatic heterocycles. The minimum atomic E-state index is -4.50. The second-order valence-electron chi connectivity index (χ2n) is 4.08. The Labute approximate surface area is 122 Å². The first-order valence-electron chi connectivity index (χ1n) is 5.23. The summed E-state index contributed by atoms with van der Waals surface area (Å²) in [4.78, 5) is 53.2. The Bertz CT molecular complexity index is 527. The van der Waals surface area contributed by atoms with E-state index in [1.54, 1.807) is 0 Å². The Kier molecular flexibility index (Phi) is 5.60. The number of carbonyl (C=O) groups excluding carboxylic acids is 1. The van der Waals surface area contributed by atoms with E-state index in [0.29, 0.717) is 0 Å². The van der Waals surface area contributed by atoms with Gasteiger partial charge in [-0.15, -0.1) is 0 Å². The van der Waals surface area contributed by atoms with Gasteiger partial charge in [0.1, 0.15) is 22.6 Å². The summed E-state index contributed by atoms with van der Waals surface area (Å²) in [6.07, 6.45) is -4.39. The quantitative estimate of drug-likeness (QED) is 0.157. The molecule has 0 radical (unpaired) electrons. The predicted octanol–water partition coefficient (Wildman–Crippen LogP) is -0.758. The molecule has 0 rings (SSSR count). The number of hydrogen-bond acceptors (Lipinski definition) is 11. The molecule has 0 saturated heterocycles. The SMILES string of the molecule is O=CC(CC(F)([N+](=O)[O-])[N+](=O)[O-])CC([N+](=O)[O-])([N+](=O)[O-])[N+](=O)[O-]. The topological polar surface area (TPSA) is 233 Å².